The number of para-hydroxylation sites is 1. The lowest BCUT2D eigenvalue weighted by atomic mass is 9.96. The van der Waals surface area contributed by atoms with Crippen LogP contribution in [-0.2, 0) is 16.6 Å². The van der Waals surface area contributed by atoms with Gasteiger partial charge in [-0.1, -0.05) is 92.3 Å². The van der Waals surface area contributed by atoms with Crippen LogP contribution < -0.4 is 9.62 Å². The highest BCUT2D eigenvalue weighted by molar-refractivity contribution is 7.92. The number of sulfonamides is 1. The highest BCUT2D eigenvalue weighted by Gasteiger charge is 2.29. The molecule has 184 valence electrons. The van der Waals surface area contributed by atoms with Crippen molar-refractivity contribution in [3.05, 3.63) is 95.6 Å². The SMILES string of the molecule is Cc1ccc(S(=O)(=O)N(Cc2ccccc2)c2ccccc2C(=O)NC2CCCCCCC2)cc1. The van der Waals surface area contributed by atoms with Gasteiger partial charge in [-0.3, -0.25) is 9.10 Å². The van der Waals surface area contributed by atoms with Crippen LogP contribution >= 0.6 is 0 Å². The average Bonchev–Trinajstić information content (AvgIpc) is 2.85. The number of aryl methyl sites for hydroxylation is 1. The van der Waals surface area contributed by atoms with Crippen molar-refractivity contribution >= 4 is 21.6 Å². The lowest BCUT2D eigenvalue weighted by molar-refractivity contribution is 0.0931. The smallest absolute Gasteiger partial charge is 0.264 e. The third-order valence-electron chi connectivity index (χ3n) is 6.64. The van der Waals surface area contributed by atoms with Crippen molar-refractivity contribution in [1.82, 2.24) is 5.32 Å². The standard InChI is InChI=1S/C29H34N2O3S/c1-23-18-20-26(21-19-23)35(33,34)31(22-24-12-6-5-7-13-24)28-17-11-10-16-27(28)29(32)30-25-14-8-3-2-4-9-15-25/h5-7,10-13,16-21,25H,2-4,8-9,14-15,22H2,1H3,(H,30,32). The molecular weight excluding hydrogens is 456 g/mol. The van der Waals surface area contributed by atoms with E-state index < -0.39 is 10.0 Å². The molecule has 0 aromatic heterocycles. The molecule has 5 nitrogen and oxygen atoms in total. The van der Waals surface area contributed by atoms with E-state index in [1.165, 1.54) is 23.6 Å². The van der Waals surface area contributed by atoms with Crippen LogP contribution in [0.1, 0.15) is 66.4 Å². The number of amides is 1. The van der Waals surface area contributed by atoms with Gasteiger partial charge in [0.15, 0.2) is 0 Å². The fourth-order valence-electron chi connectivity index (χ4n) is 4.63. The molecule has 3 aromatic carbocycles. The molecule has 0 bridgehead atoms. The zero-order chi connectivity index (χ0) is 24.7. The predicted molar refractivity (Wildman–Crippen MR) is 141 cm³/mol. The van der Waals surface area contributed by atoms with Crippen molar-refractivity contribution in [2.24, 2.45) is 0 Å². The number of anilines is 1. The molecule has 0 spiro atoms. The third kappa shape index (κ3) is 6.31. The van der Waals surface area contributed by atoms with E-state index >= 15 is 0 Å². The molecular formula is C29H34N2O3S. The molecule has 3 aromatic rings. The Morgan fingerprint density at radius 2 is 1.43 bits per heavy atom. The van der Waals surface area contributed by atoms with Crippen LogP contribution in [0.4, 0.5) is 5.69 Å². The van der Waals surface area contributed by atoms with Gasteiger partial charge in [0, 0.05) is 6.04 Å². The molecule has 6 heteroatoms. The van der Waals surface area contributed by atoms with Crippen molar-refractivity contribution < 1.29 is 13.2 Å². The van der Waals surface area contributed by atoms with Crippen molar-refractivity contribution in [3.8, 4) is 0 Å². The van der Waals surface area contributed by atoms with Gasteiger partial charge < -0.3 is 5.32 Å². The molecule has 1 fully saturated rings. The Morgan fingerprint density at radius 1 is 0.829 bits per heavy atom. The van der Waals surface area contributed by atoms with Crippen molar-refractivity contribution in [2.45, 2.75) is 69.4 Å². The van der Waals surface area contributed by atoms with Crippen molar-refractivity contribution in [2.75, 3.05) is 4.31 Å². The monoisotopic (exact) mass is 490 g/mol. The number of carbonyl (C=O) groups excluding carboxylic acids is 1. The first-order chi connectivity index (χ1) is 16.9. The summed E-state index contributed by atoms with van der Waals surface area (Å²) in [5.41, 5.74) is 2.59. The van der Waals surface area contributed by atoms with E-state index in [4.69, 9.17) is 0 Å². The highest BCUT2D eigenvalue weighted by Crippen LogP contribution is 2.30. The Morgan fingerprint density at radius 3 is 2.11 bits per heavy atom. The summed E-state index contributed by atoms with van der Waals surface area (Å²) in [5.74, 6) is -0.219. The Kier molecular flexibility index (Phi) is 8.24. The molecule has 1 aliphatic carbocycles. The number of rotatable bonds is 7. The summed E-state index contributed by atoms with van der Waals surface area (Å²) in [6, 6.07) is 23.4. The zero-order valence-electron chi connectivity index (χ0n) is 20.3. The number of hydrogen-bond donors (Lipinski definition) is 1. The Bertz CT molecular complexity index is 1220. The van der Waals surface area contributed by atoms with E-state index in [1.807, 2.05) is 37.3 Å². The molecule has 4 rings (SSSR count). The molecule has 0 unspecified atom stereocenters. The van der Waals surface area contributed by atoms with Gasteiger partial charge >= 0.3 is 0 Å². The van der Waals surface area contributed by atoms with Gasteiger partial charge in [-0.25, -0.2) is 8.42 Å². The number of hydrogen-bond acceptors (Lipinski definition) is 3. The summed E-state index contributed by atoms with van der Waals surface area (Å²) in [4.78, 5) is 13.7. The average molecular weight is 491 g/mol. The van der Waals surface area contributed by atoms with E-state index in [-0.39, 0.29) is 23.4 Å². The van der Waals surface area contributed by atoms with E-state index in [0.717, 1.165) is 36.8 Å². The number of nitrogens with one attached hydrogen (secondary N) is 1. The molecule has 35 heavy (non-hydrogen) atoms. The van der Waals surface area contributed by atoms with Gasteiger partial charge in [0.2, 0.25) is 0 Å². The van der Waals surface area contributed by atoms with E-state index in [2.05, 4.69) is 5.32 Å². The third-order valence-corrected chi connectivity index (χ3v) is 8.41. The summed E-state index contributed by atoms with van der Waals surface area (Å²) >= 11 is 0. The van der Waals surface area contributed by atoms with Gasteiger partial charge in [0.25, 0.3) is 15.9 Å². The lowest BCUT2D eigenvalue weighted by Crippen LogP contribution is -2.37. The largest absolute Gasteiger partial charge is 0.349 e. The molecule has 1 aliphatic rings. The van der Waals surface area contributed by atoms with E-state index in [1.54, 1.807) is 48.5 Å². The Balaban J connectivity index is 1.71. The first-order valence-corrected chi connectivity index (χ1v) is 13.9. The van der Waals surface area contributed by atoms with Crippen LogP contribution in [0.15, 0.2) is 83.8 Å². The number of benzene rings is 3. The minimum Gasteiger partial charge on any atom is -0.349 e. The second-order valence-electron chi connectivity index (χ2n) is 9.34. The maximum Gasteiger partial charge on any atom is 0.264 e. The quantitative estimate of drug-likeness (QED) is 0.427. The van der Waals surface area contributed by atoms with E-state index in [0.29, 0.717) is 11.3 Å². The normalized spacial score (nSPS) is 15.1. The van der Waals surface area contributed by atoms with Gasteiger partial charge in [-0.2, -0.15) is 0 Å². The van der Waals surface area contributed by atoms with Gasteiger partial charge in [0.1, 0.15) is 0 Å². The van der Waals surface area contributed by atoms with Crippen LogP contribution in [0.3, 0.4) is 0 Å². The summed E-state index contributed by atoms with van der Waals surface area (Å²) in [5, 5.41) is 3.20. The first kappa shape index (κ1) is 25.0. The summed E-state index contributed by atoms with van der Waals surface area (Å²) in [6.45, 7) is 2.05. The van der Waals surface area contributed by atoms with Crippen LogP contribution in [-0.4, -0.2) is 20.4 Å². The number of nitrogens with zero attached hydrogens (tertiary/aromatic N) is 1. The van der Waals surface area contributed by atoms with Crippen molar-refractivity contribution in [3.63, 3.8) is 0 Å². The molecule has 1 saturated carbocycles. The van der Waals surface area contributed by atoms with Crippen LogP contribution in [0.2, 0.25) is 0 Å². The molecule has 0 radical (unpaired) electrons. The lowest BCUT2D eigenvalue weighted by Gasteiger charge is -2.27. The second-order valence-corrected chi connectivity index (χ2v) is 11.2. The van der Waals surface area contributed by atoms with Crippen molar-refractivity contribution in [1.29, 1.82) is 0 Å². The Labute approximate surface area is 209 Å². The van der Waals surface area contributed by atoms with Crippen LogP contribution in [0, 0.1) is 6.92 Å². The zero-order valence-corrected chi connectivity index (χ0v) is 21.1. The minimum absolute atomic E-state index is 0.118. The predicted octanol–water partition coefficient (Wildman–Crippen LogP) is 6.23. The van der Waals surface area contributed by atoms with Crippen LogP contribution in [0.5, 0.6) is 0 Å². The molecule has 1 N–H and O–H groups in total. The fraction of sp³-hybridized carbons (Fsp3) is 0.345. The molecule has 0 saturated heterocycles. The van der Waals surface area contributed by atoms with Gasteiger partial charge in [-0.15, -0.1) is 0 Å². The number of carbonyl (C=O) groups is 1. The topological polar surface area (TPSA) is 66.5 Å². The second kappa shape index (κ2) is 11.5. The van der Waals surface area contributed by atoms with Gasteiger partial charge in [-0.05, 0) is 49.6 Å². The Hall–Kier alpha value is -3.12. The van der Waals surface area contributed by atoms with Crippen LogP contribution in [0.25, 0.3) is 0 Å². The summed E-state index contributed by atoms with van der Waals surface area (Å²) < 4.78 is 29.1. The maximum atomic E-state index is 13.9. The maximum absolute atomic E-state index is 13.9. The molecule has 0 heterocycles. The molecule has 0 aliphatic heterocycles. The highest BCUT2D eigenvalue weighted by atomic mass is 32.2. The van der Waals surface area contributed by atoms with E-state index in [9.17, 15) is 13.2 Å². The summed E-state index contributed by atoms with van der Waals surface area (Å²) in [7, 11) is -3.92. The first-order valence-electron chi connectivity index (χ1n) is 12.5. The fourth-order valence-corrected chi connectivity index (χ4v) is 6.10. The molecule has 0 atom stereocenters. The molecule has 1 amide bonds. The van der Waals surface area contributed by atoms with Gasteiger partial charge in [0.05, 0.1) is 22.7 Å². The minimum atomic E-state index is -3.92. The summed E-state index contributed by atoms with van der Waals surface area (Å²) in [6.07, 6.45) is 7.79.